The van der Waals surface area contributed by atoms with E-state index in [1.165, 1.54) is 29.2 Å². The molecule has 2 amide bonds. The average Bonchev–Trinajstić information content (AvgIpc) is 3.06. The number of rotatable bonds is 15. The zero-order valence-electron chi connectivity index (χ0n) is 25.7. The van der Waals surface area contributed by atoms with E-state index in [1.807, 2.05) is 68.4 Å². The van der Waals surface area contributed by atoms with Gasteiger partial charge >= 0.3 is 0 Å². The summed E-state index contributed by atoms with van der Waals surface area (Å²) in [4.78, 5) is 29.7. The van der Waals surface area contributed by atoms with Crippen molar-refractivity contribution < 1.29 is 22.7 Å². The zero-order valence-corrected chi connectivity index (χ0v) is 28.9. The molecule has 11 heteroatoms. The summed E-state index contributed by atoms with van der Waals surface area (Å²) in [7, 11) is -4.24. The maximum atomic E-state index is 14.5. The number of hydrogen-bond acceptors (Lipinski definition) is 5. The highest BCUT2D eigenvalue weighted by Gasteiger charge is 2.34. The molecule has 0 spiro atoms. The van der Waals surface area contributed by atoms with E-state index in [-0.39, 0.29) is 29.5 Å². The lowest BCUT2D eigenvalue weighted by molar-refractivity contribution is -0.140. The number of carbonyl (C=O) groups excluding carboxylic acids is 2. The van der Waals surface area contributed by atoms with E-state index in [9.17, 15) is 18.0 Å². The molecule has 4 aromatic rings. The number of nitrogens with one attached hydrogen (secondary N) is 1. The second-order valence-corrected chi connectivity index (χ2v) is 13.8. The Morgan fingerprint density at radius 1 is 0.870 bits per heavy atom. The van der Waals surface area contributed by atoms with Gasteiger partial charge in [0.05, 0.1) is 17.2 Å². The second kappa shape index (κ2) is 16.6. The second-order valence-electron chi connectivity index (χ2n) is 10.5. The normalized spacial score (nSPS) is 11.8. The molecule has 0 radical (unpaired) electrons. The highest BCUT2D eigenvalue weighted by atomic mass is 79.9. The molecule has 0 saturated heterocycles. The number of hydrogen-bond donors (Lipinski definition) is 1. The third-order valence-corrected chi connectivity index (χ3v) is 9.77. The Balaban J connectivity index is 1.79. The zero-order chi connectivity index (χ0) is 33.1. The Bertz CT molecular complexity index is 1690. The van der Waals surface area contributed by atoms with E-state index >= 15 is 0 Å². The van der Waals surface area contributed by atoms with Crippen LogP contribution in [0, 0.1) is 0 Å². The van der Waals surface area contributed by atoms with Crippen molar-refractivity contribution in [3.63, 3.8) is 0 Å². The molecule has 8 nitrogen and oxygen atoms in total. The fourth-order valence-corrected chi connectivity index (χ4v) is 6.65. The number of anilines is 1. The fourth-order valence-electron chi connectivity index (χ4n) is 4.84. The Morgan fingerprint density at radius 3 is 2.13 bits per heavy atom. The lowest BCUT2D eigenvalue weighted by atomic mass is 10.0. The quantitative estimate of drug-likeness (QED) is 0.145. The molecular weight excluding hydrogens is 690 g/mol. The summed E-state index contributed by atoms with van der Waals surface area (Å²) in [6, 6.07) is 28.3. The first-order valence-corrected chi connectivity index (χ1v) is 17.6. The summed E-state index contributed by atoms with van der Waals surface area (Å²) in [5.41, 5.74) is 1.92. The molecule has 1 N–H and O–H groups in total. The topological polar surface area (TPSA) is 96.0 Å². The molecule has 0 aliphatic rings. The molecule has 242 valence electrons. The molecule has 0 bridgehead atoms. The fraction of sp³-hybridized carbons (Fsp3) is 0.257. The first-order valence-electron chi connectivity index (χ1n) is 15.0. The minimum atomic E-state index is -4.24. The van der Waals surface area contributed by atoms with Gasteiger partial charge in [0.25, 0.3) is 10.0 Å². The first kappa shape index (κ1) is 35.0. The number of nitrogens with zero attached hydrogens (tertiary/aromatic N) is 2. The van der Waals surface area contributed by atoms with Crippen LogP contribution in [0.1, 0.15) is 31.4 Å². The minimum Gasteiger partial charge on any atom is -0.494 e. The molecule has 0 aliphatic carbocycles. The number of amides is 2. The van der Waals surface area contributed by atoms with Crippen molar-refractivity contribution in [1.29, 1.82) is 0 Å². The van der Waals surface area contributed by atoms with Gasteiger partial charge in [-0.2, -0.15) is 0 Å². The van der Waals surface area contributed by atoms with Crippen LogP contribution in [0.3, 0.4) is 0 Å². The maximum absolute atomic E-state index is 14.5. The van der Waals surface area contributed by atoms with E-state index in [0.29, 0.717) is 23.9 Å². The Labute approximate surface area is 284 Å². The van der Waals surface area contributed by atoms with E-state index in [4.69, 9.17) is 16.3 Å². The van der Waals surface area contributed by atoms with E-state index in [1.54, 1.807) is 24.3 Å². The van der Waals surface area contributed by atoms with Crippen LogP contribution in [0.25, 0.3) is 0 Å². The summed E-state index contributed by atoms with van der Waals surface area (Å²) < 4.78 is 35.8. The highest BCUT2D eigenvalue weighted by molar-refractivity contribution is 9.10. The van der Waals surface area contributed by atoms with Crippen molar-refractivity contribution in [3.8, 4) is 5.75 Å². The van der Waals surface area contributed by atoms with Gasteiger partial charge in [0.2, 0.25) is 11.8 Å². The first-order chi connectivity index (χ1) is 22.1. The molecule has 1 atom stereocenters. The smallest absolute Gasteiger partial charge is 0.264 e. The van der Waals surface area contributed by atoms with Crippen LogP contribution in [0.4, 0.5) is 5.69 Å². The van der Waals surface area contributed by atoms with Crippen LogP contribution in [-0.4, -0.2) is 50.9 Å². The largest absolute Gasteiger partial charge is 0.494 e. The number of carbonyl (C=O) groups is 2. The Kier molecular flexibility index (Phi) is 12.7. The third kappa shape index (κ3) is 9.34. The number of ether oxygens (including phenoxy) is 1. The van der Waals surface area contributed by atoms with Gasteiger partial charge in [-0.3, -0.25) is 13.9 Å². The van der Waals surface area contributed by atoms with Crippen molar-refractivity contribution in [3.05, 3.63) is 124 Å². The van der Waals surface area contributed by atoms with Gasteiger partial charge in [-0.1, -0.05) is 76.9 Å². The van der Waals surface area contributed by atoms with Crippen molar-refractivity contribution in [1.82, 2.24) is 10.2 Å². The van der Waals surface area contributed by atoms with E-state index < -0.39 is 28.5 Å². The molecule has 4 aromatic carbocycles. The summed E-state index contributed by atoms with van der Waals surface area (Å²) >= 11 is 9.51. The van der Waals surface area contributed by atoms with Crippen LogP contribution < -0.4 is 14.4 Å². The van der Waals surface area contributed by atoms with Gasteiger partial charge in [0, 0.05) is 29.0 Å². The van der Waals surface area contributed by atoms with Crippen LogP contribution >= 0.6 is 27.5 Å². The molecule has 4 rings (SSSR count). The van der Waals surface area contributed by atoms with Crippen LogP contribution in [-0.2, 0) is 32.6 Å². The summed E-state index contributed by atoms with van der Waals surface area (Å²) in [6.07, 6.45) is 0.959. The maximum Gasteiger partial charge on any atom is 0.264 e. The molecule has 0 heterocycles. The lowest BCUT2D eigenvalue weighted by Crippen LogP contribution is -2.53. The van der Waals surface area contributed by atoms with E-state index in [2.05, 4.69) is 21.2 Å². The van der Waals surface area contributed by atoms with Crippen LogP contribution in [0.5, 0.6) is 5.75 Å². The predicted octanol–water partition coefficient (Wildman–Crippen LogP) is 6.86. The molecule has 0 fully saturated rings. The van der Waals surface area contributed by atoms with Crippen LogP contribution in [0.15, 0.2) is 112 Å². The number of sulfonamides is 1. The SMILES string of the molecule is CCCNC(=O)[C@@H](Cc1ccccc1)N(Cc1ccc(Br)cc1)C(=O)CN(c1ccc(OCC)cc1)S(=O)(=O)c1ccc(Cl)cc1. The van der Waals surface area contributed by atoms with Gasteiger partial charge in [0.15, 0.2) is 0 Å². The molecule has 0 saturated carbocycles. The Morgan fingerprint density at radius 2 is 1.52 bits per heavy atom. The summed E-state index contributed by atoms with van der Waals surface area (Å²) in [5, 5.41) is 3.33. The van der Waals surface area contributed by atoms with Crippen molar-refractivity contribution in [2.45, 2.75) is 44.2 Å². The third-order valence-electron chi connectivity index (χ3n) is 7.20. The molecular formula is C35H37BrClN3O5S. The predicted molar refractivity (Wildman–Crippen MR) is 186 cm³/mol. The summed E-state index contributed by atoms with van der Waals surface area (Å²) in [6.45, 7) is 4.22. The standard InChI is InChI=1S/C35H37BrClN3O5S/c1-3-22-38-35(42)33(23-26-8-6-5-7-9-26)39(24-27-10-12-28(36)13-11-27)34(41)25-40(30-16-18-31(19-17-30)45-4-2)46(43,44)32-20-14-29(37)15-21-32/h5-21,33H,3-4,22-25H2,1-2H3,(H,38,42)/t33-/m1/s1. The van der Waals surface area contributed by atoms with Crippen molar-refractivity contribution in [2.75, 3.05) is 24.0 Å². The van der Waals surface area contributed by atoms with Gasteiger partial charge in [-0.05, 0) is 85.1 Å². The molecule has 0 unspecified atom stereocenters. The van der Waals surface area contributed by atoms with Gasteiger partial charge in [0.1, 0.15) is 18.3 Å². The molecule has 46 heavy (non-hydrogen) atoms. The van der Waals surface area contributed by atoms with E-state index in [0.717, 1.165) is 26.3 Å². The van der Waals surface area contributed by atoms with Gasteiger partial charge in [-0.25, -0.2) is 8.42 Å². The van der Waals surface area contributed by atoms with Crippen molar-refractivity contribution >= 4 is 55.1 Å². The summed E-state index contributed by atoms with van der Waals surface area (Å²) in [5.74, 6) is -0.292. The molecule has 0 aliphatic heterocycles. The molecule has 0 aromatic heterocycles. The Hall–Kier alpha value is -3.86. The van der Waals surface area contributed by atoms with Gasteiger partial charge < -0.3 is 15.0 Å². The minimum absolute atomic E-state index is 0.0282. The van der Waals surface area contributed by atoms with Crippen molar-refractivity contribution in [2.24, 2.45) is 0 Å². The number of benzene rings is 4. The van der Waals surface area contributed by atoms with Crippen LogP contribution in [0.2, 0.25) is 5.02 Å². The highest BCUT2D eigenvalue weighted by Crippen LogP contribution is 2.28. The monoisotopic (exact) mass is 725 g/mol. The number of halogens is 2. The van der Waals surface area contributed by atoms with Gasteiger partial charge in [-0.15, -0.1) is 0 Å². The average molecular weight is 727 g/mol. The lowest BCUT2D eigenvalue weighted by Gasteiger charge is -2.34.